The van der Waals surface area contributed by atoms with Gasteiger partial charge in [0.1, 0.15) is 10.6 Å². The Balaban J connectivity index is 2.07. The molecule has 2 fully saturated rings. The molecular formula is C17H25NO5S2. The first-order chi connectivity index (χ1) is 11.7. The molecule has 140 valence electrons. The molecule has 0 aromatic heterocycles. The second-order valence-electron chi connectivity index (χ2n) is 7.06. The van der Waals surface area contributed by atoms with Gasteiger partial charge in [-0.1, -0.05) is 0 Å². The summed E-state index contributed by atoms with van der Waals surface area (Å²) in [6.07, 6.45) is 1.96. The van der Waals surface area contributed by atoms with E-state index in [1.165, 1.54) is 7.11 Å². The fourth-order valence-corrected chi connectivity index (χ4v) is 8.87. The first kappa shape index (κ1) is 18.7. The molecule has 1 aromatic rings. The predicted octanol–water partition coefficient (Wildman–Crippen LogP) is 1.35. The van der Waals surface area contributed by atoms with Crippen molar-refractivity contribution in [3.63, 3.8) is 0 Å². The van der Waals surface area contributed by atoms with Crippen LogP contribution < -0.4 is 4.74 Å². The highest BCUT2D eigenvalue weighted by Gasteiger charge is 2.49. The highest BCUT2D eigenvalue weighted by Crippen LogP contribution is 2.35. The quantitative estimate of drug-likeness (QED) is 0.776. The number of methoxy groups -OCH3 is 1. The van der Waals surface area contributed by atoms with E-state index in [9.17, 15) is 16.8 Å². The molecule has 8 heteroatoms. The average molecular weight is 388 g/mol. The Morgan fingerprint density at radius 1 is 1.08 bits per heavy atom. The molecule has 0 radical (unpaired) electrons. The van der Waals surface area contributed by atoms with Crippen LogP contribution in [-0.4, -0.2) is 64.7 Å². The predicted molar refractivity (Wildman–Crippen MR) is 96.7 cm³/mol. The van der Waals surface area contributed by atoms with Crippen molar-refractivity contribution in [2.75, 3.05) is 31.7 Å². The number of hydrogen-bond donors (Lipinski definition) is 0. The lowest BCUT2D eigenvalue weighted by Crippen LogP contribution is -2.45. The summed E-state index contributed by atoms with van der Waals surface area (Å²) in [6, 6.07) is 2.84. The number of sulfone groups is 2. The second-order valence-corrected chi connectivity index (χ2v) is 11.3. The summed E-state index contributed by atoms with van der Waals surface area (Å²) in [5.74, 6) is -0.107. The molecule has 6 nitrogen and oxygen atoms in total. The average Bonchev–Trinajstić information content (AvgIpc) is 3.16. The summed E-state index contributed by atoms with van der Waals surface area (Å²) in [4.78, 5) is 2.13. The molecule has 25 heavy (non-hydrogen) atoms. The van der Waals surface area contributed by atoms with E-state index < -0.39 is 31.0 Å². The number of hydrogen-bond acceptors (Lipinski definition) is 6. The maximum Gasteiger partial charge on any atom is 0.187 e. The van der Waals surface area contributed by atoms with Gasteiger partial charge in [0.25, 0.3) is 0 Å². The minimum Gasteiger partial charge on any atom is -0.495 e. The fourth-order valence-electron chi connectivity index (χ4n) is 3.82. The first-order valence-corrected chi connectivity index (χ1v) is 11.9. The standard InChI is InChI=1S/C17H25NO5S2/c1-12-8-15(23-3)16(9-13(12)2)25(21,22)17-11-24(19,20)10-14(17)18-6-4-5-7-18/h8-9,14,17H,4-7,10-11H2,1-3H3/t14-,17+/m1/s1. The number of likely N-dealkylation sites (tertiary alicyclic amines) is 1. The van der Waals surface area contributed by atoms with E-state index in [0.717, 1.165) is 37.1 Å². The maximum absolute atomic E-state index is 13.4. The van der Waals surface area contributed by atoms with Crippen LogP contribution in [0.5, 0.6) is 5.75 Å². The Hall–Kier alpha value is -1.12. The smallest absolute Gasteiger partial charge is 0.187 e. The minimum absolute atomic E-state index is 0.0793. The molecule has 0 N–H and O–H groups in total. The Morgan fingerprint density at radius 2 is 1.68 bits per heavy atom. The second kappa shape index (κ2) is 6.55. The topological polar surface area (TPSA) is 80.8 Å². The van der Waals surface area contributed by atoms with Crippen molar-refractivity contribution in [1.82, 2.24) is 4.90 Å². The van der Waals surface area contributed by atoms with Crippen LogP contribution in [0.2, 0.25) is 0 Å². The van der Waals surface area contributed by atoms with Crippen molar-refractivity contribution in [2.24, 2.45) is 0 Å². The van der Waals surface area contributed by atoms with Crippen molar-refractivity contribution < 1.29 is 21.6 Å². The largest absolute Gasteiger partial charge is 0.495 e. The van der Waals surface area contributed by atoms with Crippen molar-refractivity contribution in [3.05, 3.63) is 23.3 Å². The number of benzene rings is 1. The summed E-state index contributed by atoms with van der Waals surface area (Å²) < 4.78 is 56.5. The van der Waals surface area contributed by atoms with Gasteiger partial charge in [0.05, 0.1) is 23.9 Å². The molecule has 3 rings (SSSR count). The highest BCUT2D eigenvalue weighted by atomic mass is 32.2. The van der Waals surface area contributed by atoms with E-state index in [1.807, 2.05) is 18.7 Å². The van der Waals surface area contributed by atoms with Gasteiger partial charge in [0.2, 0.25) is 0 Å². The molecule has 0 bridgehead atoms. The van der Waals surface area contributed by atoms with Gasteiger partial charge < -0.3 is 4.74 Å². The van der Waals surface area contributed by atoms with Gasteiger partial charge in [-0.2, -0.15) is 0 Å². The molecule has 0 amide bonds. The van der Waals surface area contributed by atoms with Crippen LogP contribution in [0.25, 0.3) is 0 Å². The molecule has 0 saturated carbocycles. The first-order valence-electron chi connectivity index (χ1n) is 8.49. The zero-order valence-electron chi connectivity index (χ0n) is 14.9. The van der Waals surface area contributed by atoms with E-state index in [2.05, 4.69) is 0 Å². The highest BCUT2D eigenvalue weighted by molar-refractivity contribution is 7.96. The van der Waals surface area contributed by atoms with Crippen molar-refractivity contribution in [2.45, 2.75) is 42.9 Å². The van der Waals surface area contributed by atoms with Crippen molar-refractivity contribution in [3.8, 4) is 5.75 Å². The number of aryl methyl sites for hydroxylation is 2. The minimum atomic E-state index is -3.82. The number of ether oxygens (including phenoxy) is 1. The summed E-state index contributed by atoms with van der Waals surface area (Å²) >= 11 is 0. The summed E-state index contributed by atoms with van der Waals surface area (Å²) in [7, 11) is -5.76. The van der Waals surface area contributed by atoms with Crippen LogP contribution in [0.1, 0.15) is 24.0 Å². The van der Waals surface area contributed by atoms with E-state index in [0.29, 0.717) is 0 Å². The molecule has 2 saturated heterocycles. The summed E-state index contributed by atoms with van der Waals surface area (Å²) in [5.41, 5.74) is 1.78. The number of nitrogens with zero attached hydrogens (tertiary/aromatic N) is 1. The van der Waals surface area contributed by atoms with E-state index in [4.69, 9.17) is 4.74 Å². The SMILES string of the molecule is COc1cc(C)c(C)cc1S(=O)(=O)[C@H]1CS(=O)(=O)C[C@H]1N1CCCC1. The van der Waals surface area contributed by atoms with Crippen LogP contribution in [0.15, 0.2) is 17.0 Å². The molecule has 2 aliphatic heterocycles. The lowest BCUT2D eigenvalue weighted by Gasteiger charge is -2.28. The van der Waals surface area contributed by atoms with Crippen LogP contribution in [0, 0.1) is 13.8 Å². The van der Waals surface area contributed by atoms with Crippen LogP contribution in [0.4, 0.5) is 0 Å². The third kappa shape index (κ3) is 3.44. The van der Waals surface area contributed by atoms with Crippen LogP contribution in [-0.2, 0) is 19.7 Å². The molecule has 2 heterocycles. The summed E-state index contributed by atoms with van der Waals surface area (Å²) in [6.45, 7) is 5.25. The molecule has 2 aliphatic rings. The summed E-state index contributed by atoms with van der Waals surface area (Å²) in [5, 5.41) is -0.938. The molecule has 0 spiro atoms. The third-order valence-electron chi connectivity index (χ3n) is 5.37. The zero-order valence-corrected chi connectivity index (χ0v) is 16.5. The van der Waals surface area contributed by atoms with E-state index in [-0.39, 0.29) is 22.2 Å². The third-order valence-corrected chi connectivity index (χ3v) is 9.50. The Morgan fingerprint density at radius 3 is 2.28 bits per heavy atom. The van der Waals surface area contributed by atoms with Crippen molar-refractivity contribution >= 4 is 19.7 Å². The fraction of sp³-hybridized carbons (Fsp3) is 0.647. The molecule has 1 aromatic carbocycles. The molecule has 0 aliphatic carbocycles. The van der Waals surface area contributed by atoms with E-state index >= 15 is 0 Å². The lowest BCUT2D eigenvalue weighted by molar-refractivity contribution is 0.264. The van der Waals surface area contributed by atoms with E-state index in [1.54, 1.807) is 12.1 Å². The molecular weight excluding hydrogens is 362 g/mol. The van der Waals surface area contributed by atoms with Crippen LogP contribution in [0.3, 0.4) is 0 Å². The Labute approximate surface area is 150 Å². The van der Waals surface area contributed by atoms with Crippen LogP contribution >= 0.6 is 0 Å². The number of rotatable bonds is 4. The van der Waals surface area contributed by atoms with Crippen molar-refractivity contribution in [1.29, 1.82) is 0 Å². The normalized spacial score (nSPS) is 26.8. The lowest BCUT2D eigenvalue weighted by atomic mass is 10.1. The van der Waals surface area contributed by atoms with Gasteiger partial charge in [-0.3, -0.25) is 4.90 Å². The molecule has 0 unspecified atom stereocenters. The zero-order chi connectivity index (χ0) is 18.4. The van der Waals surface area contributed by atoms with Gasteiger partial charge in [-0.05, 0) is 63.0 Å². The van der Waals surface area contributed by atoms with Gasteiger partial charge in [0, 0.05) is 6.04 Å². The monoisotopic (exact) mass is 387 g/mol. The van der Waals surface area contributed by atoms with Gasteiger partial charge >= 0.3 is 0 Å². The Bertz CT molecular complexity index is 871. The van der Waals surface area contributed by atoms with Gasteiger partial charge in [0.15, 0.2) is 19.7 Å². The maximum atomic E-state index is 13.4. The molecule has 2 atom stereocenters. The van der Waals surface area contributed by atoms with Gasteiger partial charge in [-0.15, -0.1) is 0 Å². The Kier molecular flexibility index (Phi) is 4.89. The van der Waals surface area contributed by atoms with Gasteiger partial charge in [-0.25, -0.2) is 16.8 Å².